The Morgan fingerprint density at radius 1 is 1.50 bits per heavy atom. The molecule has 4 heteroatoms. The summed E-state index contributed by atoms with van der Waals surface area (Å²) in [6, 6.07) is 3.85. The second-order valence-corrected chi connectivity index (χ2v) is 4.62. The van der Waals surface area contributed by atoms with Gasteiger partial charge in [0.05, 0.1) is 12.5 Å². The summed E-state index contributed by atoms with van der Waals surface area (Å²) in [5, 5.41) is 0.990. The molecule has 0 saturated carbocycles. The van der Waals surface area contributed by atoms with Gasteiger partial charge in [-0.25, -0.2) is 4.98 Å². The fourth-order valence-corrected chi connectivity index (χ4v) is 2.22. The van der Waals surface area contributed by atoms with E-state index in [1.54, 1.807) is 6.20 Å². The van der Waals surface area contributed by atoms with E-state index in [1.165, 1.54) is 0 Å². The van der Waals surface area contributed by atoms with Gasteiger partial charge in [-0.1, -0.05) is 13.8 Å². The predicted molar refractivity (Wildman–Crippen MR) is 70.3 cm³/mol. The predicted octanol–water partition coefficient (Wildman–Crippen LogP) is 2.87. The zero-order valence-electron chi connectivity index (χ0n) is 10.9. The van der Waals surface area contributed by atoms with E-state index in [9.17, 15) is 4.79 Å². The Balaban J connectivity index is 2.45. The molecule has 0 fully saturated rings. The van der Waals surface area contributed by atoms with Gasteiger partial charge in [0.25, 0.3) is 0 Å². The molecule has 1 N–H and O–H groups in total. The van der Waals surface area contributed by atoms with Gasteiger partial charge in [-0.2, -0.15) is 0 Å². The molecule has 0 aliphatic rings. The molecule has 0 amide bonds. The minimum absolute atomic E-state index is 0.169. The van der Waals surface area contributed by atoms with Crippen molar-refractivity contribution in [3.63, 3.8) is 0 Å². The van der Waals surface area contributed by atoms with E-state index >= 15 is 0 Å². The van der Waals surface area contributed by atoms with Crippen LogP contribution >= 0.6 is 0 Å². The average Bonchev–Trinajstić information content (AvgIpc) is 2.74. The SMILES string of the molecule is CCOC(=O)C(c1c[nH]c2ncccc12)C(C)C. The normalized spacial score (nSPS) is 12.9. The van der Waals surface area contributed by atoms with Crippen LogP contribution in [0.1, 0.15) is 32.3 Å². The third kappa shape index (κ3) is 2.23. The van der Waals surface area contributed by atoms with Gasteiger partial charge in [0, 0.05) is 17.8 Å². The molecule has 0 aliphatic heterocycles. The van der Waals surface area contributed by atoms with Gasteiger partial charge in [0.1, 0.15) is 5.65 Å². The number of fused-ring (bicyclic) bond motifs is 1. The second kappa shape index (κ2) is 5.21. The van der Waals surface area contributed by atoms with Gasteiger partial charge < -0.3 is 9.72 Å². The number of rotatable bonds is 4. The number of carbonyl (C=O) groups excluding carboxylic acids is 1. The molecule has 2 rings (SSSR count). The van der Waals surface area contributed by atoms with Crippen LogP contribution in [0.3, 0.4) is 0 Å². The maximum atomic E-state index is 12.1. The van der Waals surface area contributed by atoms with Crippen molar-refractivity contribution in [3.05, 3.63) is 30.1 Å². The number of H-pyrrole nitrogens is 1. The molecule has 0 aromatic carbocycles. The van der Waals surface area contributed by atoms with E-state index in [4.69, 9.17) is 4.74 Å². The fourth-order valence-electron chi connectivity index (χ4n) is 2.22. The molecule has 2 heterocycles. The molecule has 18 heavy (non-hydrogen) atoms. The highest BCUT2D eigenvalue weighted by Gasteiger charge is 2.27. The summed E-state index contributed by atoms with van der Waals surface area (Å²) in [6.45, 7) is 6.28. The number of carbonyl (C=O) groups is 1. The van der Waals surface area contributed by atoms with Crippen molar-refractivity contribution < 1.29 is 9.53 Å². The van der Waals surface area contributed by atoms with E-state index in [2.05, 4.69) is 9.97 Å². The van der Waals surface area contributed by atoms with Gasteiger partial charge in [0.2, 0.25) is 0 Å². The number of ether oxygens (including phenoxy) is 1. The average molecular weight is 246 g/mol. The lowest BCUT2D eigenvalue weighted by molar-refractivity contribution is -0.146. The maximum Gasteiger partial charge on any atom is 0.313 e. The van der Waals surface area contributed by atoms with Crippen molar-refractivity contribution >= 4 is 17.0 Å². The monoisotopic (exact) mass is 246 g/mol. The molecular formula is C14H18N2O2. The third-order valence-corrected chi connectivity index (χ3v) is 3.03. The number of aromatic amines is 1. The zero-order valence-corrected chi connectivity index (χ0v) is 10.9. The summed E-state index contributed by atoms with van der Waals surface area (Å²) >= 11 is 0. The van der Waals surface area contributed by atoms with Crippen molar-refractivity contribution in [2.24, 2.45) is 5.92 Å². The molecular weight excluding hydrogens is 228 g/mol. The fraction of sp³-hybridized carbons (Fsp3) is 0.429. The van der Waals surface area contributed by atoms with Crippen LogP contribution in [-0.2, 0) is 9.53 Å². The highest BCUT2D eigenvalue weighted by molar-refractivity contribution is 5.88. The molecule has 2 aromatic rings. The molecule has 0 saturated heterocycles. The van der Waals surface area contributed by atoms with Crippen LogP contribution < -0.4 is 0 Å². The molecule has 0 aliphatic carbocycles. The Morgan fingerprint density at radius 2 is 2.28 bits per heavy atom. The molecule has 1 unspecified atom stereocenters. The van der Waals surface area contributed by atoms with Gasteiger partial charge in [-0.3, -0.25) is 4.79 Å². The lowest BCUT2D eigenvalue weighted by Gasteiger charge is -2.18. The Kier molecular flexibility index (Phi) is 3.65. The number of nitrogens with one attached hydrogen (secondary N) is 1. The van der Waals surface area contributed by atoms with Gasteiger partial charge in [-0.15, -0.1) is 0 Å². The van der Waals surface area contributed by atoms with Crippen LogP contribution in [0.15, 0.2) is 24.5 Å². The summed E-state index contributed by atoms with van der Waals surface area (Å²) in [6.07, 6.45) is 3.59. The van der Waals surface area contributed by atoms with Gasteiger partial charge in [0.15, 0.2) is 0 Å². The Labute approximate surface area is 106 Å². The van der Waals surface area contributed by atoms with E-state index in [0.717, 1.165) is 16.6 Å². The standard InChI is InChI=1S/C14H18N2O2/c1-4-18-14(17)12(9(2)3)11-8-16-13-10(11)6-5-7-15-13/h5-9,12H,4H2,1-3H3,(H,15,16). The minimum Gasteiger partial charge on any atom is -0.466 e. The van der Waals surface area contributed by atoms with Crippen molar-refractivity contribution in [1.82, 2.24) is 9.97 Å². The third-order valence-electron chi connectivity index (χ3n) is 3.03. The molecule has 4 nitrogen and oxygen atoms in total. The van der Waals surface area contributed by atoms with Gasteiger partial charge >= 0.3 is 5.97 Å². The first kappa shape index (κ1) is 12.6. The first-order valence-corrected chi connectivity index (χ1v) is 6.23. The highest BCUT2D eigenvalue weighted by Crippen LogP contribution is 2.31. The first-order valence-electron chi connectivity index (χ1n) is 6.23. The number of hydrogen-bond donors (Lipinski definition) is 1. The molecule has 0 bridgehead atoms. The smallest absolute Gasteiger partial charge is 0.313 e. The zero-order chi connectivity index (χ0) is 13.1. The second-order valence-electron chi connectivity index (χ2n) is 4.62. The van der Waals surface area contributed by atoms with Crippen molar-refractivity contribution in [3.8, 4) is 0 Å². The van der Waals surface area contributed by atoms with Crippen molar-refractivity contribution in [2.45, 2.75) is 26.7 Å². The summed E-state index contributed by atoms with van der Waals surface area (Å²) in [4.78, 5) is 19.4. The van der Waals surface area contributed by atoms with E-state index in [1.807, 2.05) is 39.1 Å². The molecule has 1 atom stereocenters. The lowest BCUT2D eigenvalue weighted by Crippen LogP contribution is -2.20. The quantitative estimate of drug-likeness (QED) is 0.844. The summed E-state index contributed by atoms with van der Waals surface area (Å²) in [5.74, 6) is -0.233. The molecule has 0 spiro atoms. The number of hydrogen-bond acceptors (Lipinski definition) is 3. The van der Waals surface area contributed by atoms with Crippen LogP contribution in [0.25, 0.3) is 11.0 Å². The molecule has 96 valence electrons. The maximum absolute atomic E-state index is 12.1. The minimum atomic E-state index is -0.247. The summed E-state index contributed by atoms with van der Waals surface area (Å²) in [5.41, 5.74) is 1.77. The Hall–Kier alpha value is -1.84. The number of esters is 1. The van der Waals surface area contributed by atoms with Crippen LogP contribution in [0.5, 0.6) is 0 Å². The molecule has 2 aromatic heterocycles. The molecule has 0 radical (unpaired) electrons. The van der Waals surface area contributed by atoms with Crippen LogP contribution in [0.2, 0.25) is 0 Å². The topological polar surface area (TPSA) is 55.0 Å². The summed E-state index contributed by atoms with van der Waals surface area (Å²) in [7, 11) is 0. The van der Waals surface area contributed by atoms with E-state index < -0.39 is 0 Å². The van der Waals surface area contributed by atoms with E-state index in [-0.39, 0.29) is 17.8 Å². The van der Waals surface area contributed by atoms with Gasteiger partial charge in [-0.05, 0) is 30.5 Å². The number of nitrogens with zero attached hydrogens (tertiary/aromatic N) is 1. The number of aromatic nitrogens is 2. The number of pyridine rings is 1. The first-order chi connectivity index (χ1) is 8.65. The summed E-state index contributed by atoms with van der Waals surface area (Å²) < 4.78 is 5.16. The van der Waals surface area contributed by atoms with E-state index in [0.29, 0.717) is 6.61 Å². The van der Waals surface area contributed by atoms with Crippen LogP contribution in [0, 0.1) is 5.92 Å². The van der Waals surface area contributed by atoms with Crippen LogP contribution in [0.4, 0.5) is 0 Å². The Morgan fingerprint density at radius 3 is 2.94 bits per heavy atom. The highest BCUT2D eigenvalue weighted by atomic mass is 16.5. The lowest BCUT2D eigenvalue weighted by atomic mass is 9.88. The van der Waals surface area contributed by atoms with Crippen molar-refractivity contribution in [2.75, 3.05) is 6.61 Å². The van der Waals surface area contributed by atoms with Crippen molar-refractivity contribution in [1.29, 1.82) is 0 Å². The van der Waals surface area contributed by atoms with Crippen LogP contribution in [-0.4, -0.2) is 22.5 Å². The Bertz CT molecular complexity index is 545. The largest absolute Gasteiger partial charge is 0.466 e.